The van der Waals surface area contributed by atoms with Gasteiger partial charge in [-0.2, -0.15) is 0 Å². The highest BCUT2D eigenvalue weighted by molar-refractivity contribution is 7.91. The number of likely N-dealkylation sites (N-methyl/N-ethyl adjacent to an activating group) is 2. The van der Waals surface area contributed by atoms with Crippen molar-refractivity contribution in [3.63, 3.8) is 0 Å². The van der Waals surface area contributed by atoms with Crippen molar-refractivity contribution < 1.29 is 47.0 Å². The van der Waals surface area contributed by atoms with E-state index in [-0.39, 0.29) is 23.0 Å². The molecule has 0 spiro atoms. The molecule has 0 saturated carbocycles. The number of rotatable bonds is 9. The van der Waals surface area contributed by atoms with E-state index in [0.717, 1.165) is 0 Å². The molecule has 1 N–H and O–H groups in total. The molecule has 210 valence electrons. The van der Waals surface area contributed by atoms with Crippen LogP contribution in [0.1, 0.15) is 12.8 Å². The van der Waals surface area contributed by atoms with Crippen LogP contribution in [-0.4, -0.2) is 129 Å². The fourth-order valence-corrected chi connectivity index (χ4v) is 5.23. The lowest BCUT2D eigenvalue weighted by molar-refractivity contribution is -0.338. The number of benzene rings is 1. The number of esters is 2. The number of ether oxygens (including phenoxy) is 2. The highest BCUT2D eigenvalue weighted by Crippen LogP contribution is 2.37. The molecule has 0 aromatic heterocycles. The first kappa shape index (κ1) is 29.3. The second-order valence-electron chi connectivity index (χ2n) is 9.67. The number of amides is 2. The van der Waals surface area contributed by atoms with Crippen LogP contribution in [0, 0.1) is 0 Å². The van der Waals surface area contributed by atoms with Gasteiger partial charge in [0.15, 0.2) is 21.2 Å². The van der Waals surface area contributed by atoms with Crippen LogP contribution in [0.4, 0.5) is 4.79 Å². The van der Waals surface area contributed by atoms with E-state index in [4.69, 9.17) is 14.3 Å². The second kappa shape index (κ2) is 11.2. The minimum absolute atomic E-state index is 0.0983. The van der Waals surface area contributed by atoms with Crippen LogP contribution in [-0.2, 0) is 38.5 Å². The number of hydrogen-bond acceptors (Lipinski definition) is 12. The SMILES string of the molecule is CN(C)CCN(CCN(C)C)C(=O)N1OC(=O)CC2(O)CC(=O)OC1(CS(=O)(=O)c1ccccc1)OC2=O. The molecule has 3 rings (SSSR count). The summed E-state index contributed by atoms with van der Waals surface area (Å²) >= 11 is 0. The van der Waals surface area contributed by atoms with Gasteiger partial charge in [0.25, 0.3) is 0 Å². The second-order valence-corrected chi connectivity index (χ2v) is 11.7. The molecular formula is C23H32N4O10S. The van der Waals surface area contributed by atoms with Gasteiger partial charge in [-0.05, 0) is 40.3 Å². The lowest BCUT2D eigenvalue weighted by atomic mass is 9.96. The molecule has 2 atom stereocenters. The van der Waals surface area contributed by atoms with E-state index >= 15 is 0 Å². The van der Waals surface area contributed by atoms with Gasteiger partial charge in [-0.15, -0.1) is 0 Å². The van der Waals surface area contributed by atoms with E-state index in [9.17, 15) is 32.7 Å². The van der Waals surface area contributed by atoms with E-state index in [1.807, 2.05) is 0 Å². The highest BCUT2D eigenvalue weighted by Gasteiger charge is 2.63. The number of aliphatic hydroxyl groups is 1. The maximum absolute atomic E-state index is 13.9. The van der Waals surface area contributed by atoms with E-state index < -0.39 is 63.9 Å². The summed E-state index contributed by atoms with van der Waals surface area (Å²) in [5.74, 6) is -8.39. The molecule has 2 aliphatic rings. The summed E-state index contributed by atoms with van der Waals surface area (Å²) in [7, 11) is 2.65. The molecule has 2 heterocycles. The predicted molar refractivity (Wildman–Crippen MR) is 130 cm³/mol. The third-order valence-corrected chi connectivity index (χ3v) is 7.57. The lowest BCUT2D eigenvalue weighted by Crippen LogP contribution is -2.65. The maximum Gasteiger partial charge on any atom is 0.393 e. The number of hydrogen-bond donors (Lipinski definition) is 1. The van der Waals surface area contributed by atoms with Crippen LogP contribution >= 0.6 is 0 Å². The smallest absolute Gasteiger partial charge is 0.393 e. The Morgan fingerprint density at radius 2 is 1.47 bits per heavy atom. The Hall–Kier alpha value is -3.27. The summed E-state index contributed by atoms with van der Waals surface area (Å²) in [5.41, 5.74) is -2.67. The molecule has 0 aliphatic carbocycles. The van der Waals surface area contributed by atoms with E-state index in [1.54, 1.807) is 44.1 Å². The number of hydroxylamine groups is 2. The summed E-state index contributed by atoms with van der Waals surface area (Å²) in [6.07, 6.45) is -2.04. The average molecular weight is 557 g/mol. The van der Waals surface area contributed by atoms with Crippen LogP contribution in [0.25, 0.3) is 0 Å². The van der Waals surface area contributed by atoms with Crippen molar-refractivity contribution in [2.45, 2.75) is 29.2 Å². The molecule has 2 unspecified atom stereocenters. The molecule has 38 heavy (non-hydrogen) atoms. The number of fused-ring (bicyclic) bond motifs is 3. The fraction of sp³-hybridized carbons (Fsp3) is 0.565. The Morgan fingerprint density at radius 1 is 0.921 bits per heavy atom. The molecule has 2 bridgehead atoms. The Bertz CT molecular complexity index is 1160. The fourth-order valence-electron chi connectivity index (χ4n) is 3.77. The zero-order valence-corrected chi connectivity index (χ0v) is 22.5. The Morgan fingerprint density at radius 3 is 2.03 bits per heavy atom. The monoisotopic (exact) mass is 556 g/mol. The molecule has 2 saturated heterocycles. The van der Waals surface area contributed by atoms with Crippen molar-refractivity contribution in [2.24, 2.45) is 0 Å². The number of sulfone groups is 1. The lowest BCUT2D eigenvalue weighted by Gasteiger charge is -2.41. The van der Waals surface area contributed by atoms with Gasteiger partial charge < -0.3 is 34.1 Å². The van der Waals surface area contributed by atoms with E-state index in [0.29, 0.717) is 13.1 Å². The molecule has 2 aliphatic heterocycles. The van der Waals surface area contributed by atoms with Gasteiger partial charge in [0.2, 0.25) is 0 Å². The Balaban J connectivity index is 2.14. The van der Waals surface area contributed by atoms with Gasteiger partial charge in [-0.25, -0.2) is 22.8 Å². The quantitative estimate of drug-likeness (QED) is 0.371. The summed E-state index contributed by atoms with van der Waals surface area (Å²) < 4.78 is 37.3. The zero-order valence-electron chi connectivity index (χ0n) is 21.7. The third-order valence-electron chi connectivity index (χ3n) is 5.83. The van der Waals surface area contributed by atoms with E-state index in [2.05, 4.69) is 0 Å². The Kier molecular flexibility index (Phi) is 8.65. The predicted octanol–water partition coefficient (Wildman–Crippen LogP) is -0.956. The van der Waals surface area contributed by atoms with Crippen LogP contribution in [0.2, 0.25) is 0 Å². The molecular weight excluding hydrogens is 524 g/mol. The van der Waals surface area contributed by atoms with Crippen molar-refractivity contribution in [1.82, 2.24) is 19.8 Å². The molecule has 2 amide bonds. The molecule has 15 heteroatoms. The normalized spacial score (nSPS) is 23.9. The van der Waals surface area contributed by atoms with Crippen LogP contribution in [0.15, 0.2) is 35.2 Å². The van der Waals surface area contributed by atoms with Gasteiger partial charge in [0.05, 0.1) is 17.7 Å². The summed E-state index contributed by atoms with van der Waals surface area (Å²) in [6.45, 7) is 0.938. The van der Waals surface area contributed by atoms with Crippen LogP contribution in [0.5, 0.6) is 0 Å². The highest BCUT2D eigenvalue weighted by atomic mass is 32.2. The molecule has 0 radical (unpaired) electrons. The minimum Gasteiger partial charge on any atom is -0.400 e. The standard InChI is InChI=1S/C23H32N4O10S/c1-24(2)10-12-26(13-11-25(3)4)21(31)27-23(16-38(33,34)17-8-6-5-7-9-17)35-18(28)14-22(32,20(30)36-23)15-19(29)37-27/h5-9,32H,10-16H2,1-4H3. The van der Waals surface area contributed by atoms with Gasteiger partial charge in [-0.3, -0.25) is 4.79 Å². The van der Waals surface area contributed by atoms with Crippen molar-refractivity contribution in [2.75, 3.05) is 60.1 Å². The van der Waals surface area contributed by atoms with Crippen LogP contribution < -0.4 is 0 Å². The Labute approximate surface area is 220 Å². The zero-order chi connectivity index (χ0) is 28.3. The van der Waals surface area contributed by atoms with Crippen LogP contribution in [0.3, 0.4) is 0 Å². The molecule has 1 aromatic rings. The van der Waals surface area contributed by atoms with Crippen molar-refractivity contribution in [3.05, 3.63) is 30.3 Å². The third kappa shape index (κ3) is 6.59. The van der Waals surface area contributed by atoms with Gasteiger partial charge in [0, 0.05) is 26.2 Å². The molecule has 14 nitrogen and oxygen atoms in total. The first-order valence-corrected chi connectivity index (χ1v) is 13.4. The topological polar surface area (TPSA) is 163 Å². The minimum atomic E-state index is -4.43. The number of urea groups is 1. The van der Waals surface area contributed by atoms with Gasteiger partial charge >= 0.3 is 29.9 Å². The number of carbonyl (C=O) groups excluding carboxylic acids is 4. The average Bonchev–Trinajstić information content (AvgIpc) is 2.87. The summed E-state index contributed by atoms with van der Waals surface area (Å²) in [6, 6.07) is 5.89. The number of carbonyl (C=O) groups is 4. The van der Waals surface area contributed by atoms with Gasteiger partial charge in [0.1, 0.15) is 0 Å². The van der Waals surface area contributed by atoms with Crippen molar-refractivity contribution in [1.29, 1.82) is 0 Å². The van der Waals surface area contributed by atoms with Crippen molar-refractivity contribution in [3.8, 4) is 0 Å². The summed E-state index contributed by atoms with van der Waals surface area (Å²) in [5, 5.41) is 10.9. The summed E-state index contributed by atoms with van der Waals surface area (Å²) in [4.78, 5) is 62.1. The molecule has 1 aromatic carbocycles. The van der Waals surface area contributed by atoms with Crippen molar-refractivity contribution >= 4 is 33.8 Å². The van der Waals surface area contributed by atoms with Gasteiger partial charge in [-0.1, -0.05) is 23.3 Å². The molecule has 2 fully saturated rings. The first-order valence-electron chi connectivity index (χ1n) is 11.7. The van der Waals surface area contributed by atoms with E-state index in [1.165, 1.54) is 29.2 Å². The first-order chi connectivity index (χ1) is 17.7. The number of nitrogens with zero attached hydrogens (tertiary/aromatic N) is 4. The maximum atomic E-state index is 13.9. The largest absolute Gasteiger partial charge is 0.400 e.